The zero-order valence-corrected chi connectivity index (χ0v) is 11.0. The van der Waals surface area contributed by atoms with E-state index < -0.39 is 18.4 Å². The van der Waals surface area contributed by atoms with Crippen LogP contribution in [0.15, 0.2) is 0 Å². The molecule has 0 radical (unpaired) electrons. The van der Waals surface area contributed by atoms with Crippen LogP contribution >= 0.6 is 0 Å². The zero-order valence-electron chi connectivity index (χ0n) is 11.0. The quantitative estimate of drug-likeness (QED) is 0.600. The minimum absolute atomic E-state index is 0.132. The Kier molecular flexibility index (Phi) is 7.50. The Morgan fingerprint density at radius 2 is 1.67 bits per heavy atom. The smallest absolute Gasteiger partial charge is 0.322 e. The van der Waals surface area contributed by atoms with Crippen LogP contribution in [0.5, 0.6) is 0 Å². The van der Waals surface area contributed by atoms with Crippen LogP contribution in [0.1, 0.15) is 26.7 Å². The molecular weight excluding hydrogens is 238 g/mol. The van der Waals surface area contributed by atoms with Crippen molar-refractivity contribution in [1.29, 1.82) is 0 Å². The molecule has 7 heteroatoms. The fourth-order valence-electron chi connectivity index (χ4n) is 1.52. The number of carbonyl (C=O) groups is 3. The summed E-state index contributed by atoms with van der Waals surface area (Å²) in [6.07, 6.45) is 1.68. The normalized spacial score (nSPS) is 10.0. The third kappa shape index (κ3) is 6.07. The Morgan fingerprint density at radius 3 is 2.11 bits per heavy atom. The van der Waals surface area contributed by atoms with Crippen molar-refractivity contribution in [2.45, 2.75) is 32.7 Å². The number of aliphatic carboxylic acids is 1. The van der Waals surface area contributed by atoms with Crippen molar-refractivity contribution >= 4 is 17.9 Å². The van der Waals surface area contributed by atoms with Crippen LogP contribution in [0.2, 0.25) is 0 Å². The number of amides is 3. The van der Waals surface area contributed by atoms with Crippen LogP contribution in [0, 0.1) is 0 Å². The maximum atomic E-state index is 11.7. The molecule has 0 aromatic carbocycles. The van der Waals surface area contributed by atoms with Crippen molar-refractivity contribution in [3.63, 3.8) is 0 Å². The van der Waals surface area contributed by atoms with Crippen LogP contribution in [-0.4, -0.2) is 54.1 Å². The van der Waals surface area contributed by atoms with E-state index >= 15 is 0 Å². The Morgan fingerprint density at radius 1 is 1.11 bits per heavy atom. The molecular formula is C11H21N3O4. The van der Waals surface area contributed by atoms with Gasteiger partial charge in [0.05, 0.1) is 6.54 Å². The Balaban J connectivity index is 4.02. The number of carboxylic acids is 1. The molecule has 0 saturated carbocycles. The first-order valence-corrected chi connectivity index (χ1v) is 5.91. The molecule has 0 aliphatic rings. The fraction of sp³-hybridized carbons (Fsp3) is 0.727. The van der Waals surface area contributed by atoms with Gasteiger partial charge in [0.15, 0.2) is 0 Å². The highest BCUT2D eigenvalue weighted by atomic mass is 16.4. The lowest BCUT2D eigenvalue weighted by atomic mass is 10.1. The van der Waals surface area contributed by atoms with E-state index in [0.29, 0.717) is 0 Å². The molecule has 3 N–H and O–H groups in total. The molecule has 104 valence electrons. The summed E-state index contributed by atoms with van der Waals surface area (Å²) >= 11 is 0. The summed E-state index contributed by atoms with van der Waals surface area (Å²) < 4.78 is 0. The van der Waals surface area contributed by atoms with Crippen molar-refractivity contribution in [1.82, 2.24) is 15.5 Å². The molecule has 7 nitrogen and oxygen atoms in total. The number of carboxylic acid groups (broad SMARTS) is 1. The molecule has 0 aromatic rings. The third-order valence-electron chi connectivity index (χ3n) is 2.65. The molecule has 0 heterocycles. The SMILES string of the molecule is CCC(CC)N(C)C(=O)NCC(=O)NCC(=O)O. The molecule has 0 aromatic heterocycles. The lowest BCUT2D eigenvalue weighted by molar-refractivity contribution is -0.137. The average Bonchev–Trinajstić information content (AvgIpc) is 2.34. The van der Waals surface area contributed by atoms with Gasteiger partial charge in [-0.25, -0.2) is 4.79 Å². The molecule has 0 bridgehead atoms. The summed E-state index contributed by atoms with van der Waals surface area (Å²) in [5, 5.41) is 13.0. The second-order valence-corrected chi connectivity index (χ2v) is 3.91. The lowest BCUT2D eigenvalue weighted by Gasteiger charge is -2.26. The molecule has 0 atom stereocenters. The number of nitrogens with zero attached hydrogens (tertiary/aromatic N) is 1. The van der Waals surface area contributed by atoms with Gasteiger partial charge >= 0.3 is 12.0 Å². The van der Waals surface area contributed by atoms with Crippen LogP contribution in [0.3, 0.4) is 0 Å². The van der Waals surface area contributed by atoms with E-state index in [1.54, 1.807) is 11.9 Å². The van der Waals surface area contributed by atoms with Crippen molar-refractivity contribution in [2.24, 2.45) is 0 Å². The largest absolute Gasteiger partial charge is 0.480 e. The fourth-order valence-corrected chi connectivity index (χ4v) is 1.52. The van der Waals surface area contributed by atoms with Crippen molar-refractivity contribution in [3.05, 3.63) is 0 Å². The molecule has 0 saturated heterocycles. The number of hydrogen-bond acceptors (Lipinski definition) is 3. The first-order valence-electron chi connectivity index (χ1n) is 5.91. The van der Waals surface area contributed by atoms with Crippen molar-refractivity contribution in [3.8, 4) is 0 Å². The maximum absolute atomic E-state index is 11.7. The van der Waals surface area contributed by atoms with Gasteiger partial charge in [0.1, 0.15) is 6.54 Å². The van der Waals surface area contributed by atoms with E-state index in [1.807, 2.05) is 13.8 Å². The lowest BCUT2D eigenvalue weighted by Crippen LogP contribution is -2.46. The van der Waals surface area contributed by atoms with E-state index in [4.69, 9.17) is 5.11 Å². The molecule has 0 aliphatic carbocycles. The summed E-state index contributed by atoms with van der Waals surface area (Å²) in [5.74, 6) is -1.65. The first-order chi connectivity index (χ1) is 8.42. The zero-order chi connectivity index (χ0) is 14.1. The van der Waals surface area contributed by atoms with Crippen LogP contribution in [0.4, 0.5) is 4.79 Å². The number of urea groups is 1. The number of hydrogen-bond donors (Lipinski definition) is 3. The highest BCUT2D eigenvalue weighted by molar-refractivity contribution is 5.86. The average molecular weight is 259 g/mol. The summed E-state index contributed by atoms with van der Waals surface area (Å²) in [6, 6.07) is -0.207. The monoisotopic (exact) mass is 259 g/mol. The molecule has 0 aliphatic heterocycles. The van der Waals surface area contributed by atoms with E-state index in [1.165, 1.54) is 0 Å². The minimum atomic E-state index is -1.12. The van der Waals surface area contributed by atoms with Gasteiger partial charge < -0.3 is 20.6 Å². The van der Waals surface area contributed by atoms with E-state index in [9.17, 15) is 14.4 Å². The minimum Gasteiger partial charge on any atom is -0.480 e. The number of carbonyl (C=O) groups excluding carboxylic acids is 2. The van der Waals surface area contributed by atoms with Gasteiger partial charge in [-0.1, -0.05) is 13.8 Å². The highest BCUT2D eigenvalue weighted by Crippen LogP contribution is 2.05. The standard InChI is InChI=1S/C11H21N3O4/c1-4-8(5-2)14(3)11(18)13-6-9(15)12-7-10(16)17/h8H,4-7H2,1-3H3,(H,12,15)(H,13,18)(H,16,17). The van der Waals surface area contributed by atoms with Gasteiger partial charge in [-0.05, 0) is 12.8 Å². The van der Waals surface area contributed by atoms with Gasteiger partial charge in [0.25, 0.3) is 0 Å². The predicted octanol–water partition coefficient (Wildman–Crippen LogP) is 0.0172. The maximum Gasteiger partial charge on any atom is 0.322 e. The predicted molar refractivity (Wildman–Crippen MR) is 66.2 cm³/mol. The number of nitrogens with one attached hydrogen (secondary N) is 2. The summed E-state index contributed by atoms with van der Waals surface area (Å²) in [6.45, 7) is 3.29. The van der Waals surface area contributed by atoms with Gasteiger partial charge in [0.2, 0.25) is 5.91 Å². The van der Waals surface area contributed by atoms with Crippen molar-refractivity contribution in [2.75, 3.05) is 20.1 Å². The van der Waals surface area contributed by atoms with Gasteiger partial charge in [-0.3, -0.25) is 9.59 Å². The summed E-state index contributed by atoms with van der Waals surface area (Å²) in [4.78, 5) is 34.6. The molecule has 0 fully saturated rings. The van der Waals surface area contributed by atoms with Gasteiger partial charge in [0, 0.05) is 13.1 Å². The number of rotatable bonds is 7. The van der Waals surface area contributed by atoms with E-state index in [0.717, 1.165) is 12.8 Å². The first kappa shape index (κ1) is 16.2. The Bertz CT molecular complexity index is 303. The summed E-state index contributed by atoms with van der Waals surface area (Å²) in [5.41, 5.74) is 0. The second kappa shape index (κ2) is 8.32. The molecule has 0 rings (SSSR count). The van der Waals surface area contributed by atoms with Crippen LogP contribution < -0.4 is 10.6 Å². The molecule has 0 spiro atoms. The third-order valence-corrected chi connectivity index (χ3v) is 2.65. The van der Waals surface area contributed by atoms with Crippen LogP contribution in [0.25, 0.3) is 0 Å². The second-order valence-electron chi connectivity index (χ2n) is 3.91. The highest BCUT2D eigenvalue weighted by Gasteiger charge is 2.16. The van der Waals surface area contributed by atoms with Gasteiger partial charge in [-0.15, -0.1) is 0 Å². The van der Waals surface area contributed by atoms with E-state index in [-0.39, 0.29) is 18.6 Å². The summed E-state index contributed by atoms with van der Waals surface area (Å²) in [7, 11) is 1.67. The topological polar surface area (TPSA) is 98.7 Å². The molecule has 0 unspecified atom stereocenters. The van der Waals surface area contributed by atoms with Crippen molar-refractivity contribution < 1.29 is 19.5 Å². The molecule has 18 heavy (non-hydrogen) atoms. The van der Waals surface area contributed by atoms with E-state index in [2.05, 4.69) is 10.6 Å². The Hall–Kier alpha value is -1.79. The van der Waals surface area contributed by atoms with Gasteiger partial charge in [-0.2, -0.15) is 0 Å². The Labute approximate surface area is 107 Å². The molecule has 3 amide bonds. The van der Waals surface area contributed by atoms with Crippen LogP contribution in [-0.2, 0) is 9.59 Å².